The third kappa shape index (κ3) is 3.96. The average Bonchev–Trinajstić information content (AvgIpc) is 2.39. The van der Waals surface area contributed by atoms with Crippen LogP contribution in [0.4, 0.5) is 10.1 Å². The van der Waals surface area contributed by atoms with Crippen LogP contribution in [-0.4, -0.2) is 6.61 Å². The highest BCUT2D eigenvalue weighted by Crippen LogP contribution is 2.21. The lowest BCUT2D eigenvalue weighted by molar-refractivity contribution is 0.321. The molecule has 2 aromatic carbocycles. The summed E-state index contributed by atoms with van der Waals surface area (Å²) in [6.45, 7) is 2.94. The second kappa shape index (κ2) is 6.57. The molecule has 100 valence electrons. The van der Waals surface area contributed by atoms with E-state index >= 15 is 0 Å². The molecular formula is C15H15BrFNO. The summed E-state index contributed by atoms with van der Waals surface area (Å²) in [7, 11) is 0. The van der Waals surface area contributed by atoms with Crippen molar-refractivity contribution in [3.63, 3.8) is 0 Å². The summed E-state index contributed by atoms with van der Waals surface area (Å²) < 4.78 is 19.8. The molecule has 0 saturated heterocycles. The van der Waals surface area contributed by atoms with E-state index in [0.29, 0.717) is 13.2 Å². The summed E-state index contributed by atoms with van der Waals surface area (Å²) in [6.07, 6.45) is 0. The van der Waals surface area contributed by atoms with Gasteiger partial charge in [-0.2, -0.15) is 0 Å². The molecule has 0 aliphatic heterocycles. The van der Waals surface area contributed by atoms with E-state index in [1.165, 1.54) is 6.07 Å². The van der Waals surface area contributed by atoms with Gasteiger partial charge in [-0.3, -0.25) is 0 Å². The molecule has 0 aromatic heterocycles. The van der Waals surface area contributed by atoms with E-state index in [9.17, 15) is 4.39 Å². The van der Waals surface area contributed by atoms with Gasteiger partial charge in [-0.15, -0.1) is 0 Å². The minimum Gasteiger partial charge on any atom is -0.491 e. The molecule has 0 atom stereocenters. The Hall–Kier alpha value is -1.55. The summed E-state index contributed by atoms with van der Waals surface area (Å²) in [5.41, 5.74) is 1.87. The first-order valence-corrected chi connectivity index (χ1v) is 6.89. The minimum atomic E-state index is -0.346. The van der Waals surface area contributed by atoms with Crippen molar-refractivity contribution in [2.24, 2.45) is 0 Å². The van der Waals surface area contributed by atoms with Crippen LogP contribution in [0.2, 0.25) is 0 Å². The molecule has 0 aliphatic rings. The molecule has 0 saturated carbocycles. The first kappa shape index (κ1) is 13.9. The fraction of sp³-hybridized carbons (Fsp3) is 0.200. The van der Waals surface area contributed by atoms with Crippen LogP contribution in [-0.2, 0) is 6.54 Å². The minimum absolute atomic E-state index is 0.288. The molecule has 0 unspecified atom stereocenters. The Balaban J connectivity index is 2.02. The van der Waals surface area contributed by atoms with E-state index in [1.54, 1.807) is 6.07 Å². The summed E-state index contributed by atoms with van der Waals surface area (Å²) in [4.78, 5) is 0. The number of hydrogen-bond acceptors (Lipinski definition) is 2. The number of anilines is 1. The highest BCUT2D eigenvalue weighted by atomic mass is 79.9. The lowest BCUT2D eigenvalue weighted by atomic mass is 10.2. The molecule has 0 fully saturated rings. The fourth-order valence-electron chi connectivity index (χ4n) is 1.73. The van der Waals surface area contributed by atoms with Crippen molar-refractivity contribution in [1.29, 1.82) is 0 Å². The molecule has 0 heterocycles. The highest BCUT2D eigenvalue weighted by molar-refractivity contribution is 9.10. The number of hydrogen-bond donors (Lipinski definition) is 1. The van der Waals surface area contributed by atoms with Crippen molar-refractivity contribution in [2.75, 3.05) is 11.9 Å². The summed E-state index contributed by atoms with van der Waals surface area (Å²) >= 11 is 3.42. The fourth-order valence-corrected chi connectivity index (χ4v) is 2.18. The number of halogens is 2. The molecule has 2 rings (SSSR count). The second-order valence-corrected chi connectivity index (χ2v) is 4.98. The normalized spacial score (nSPS) is 10.3. The van der Waals surface area contributed by atoms with E-state index in [4.69, 9.17) is 4.74 Å². The van der Waals surface area contributed by atoms with Crippen LogP contribution < -0.4 is 10.1 Å². The maximum Gasteiger partial charge on any atom is 0.167 e. The summed E-state index contributed by atoms with van der Waals surface area (Å²) in [5.74, 6) is -0.0587. The van der Waals surface area contributed by atoms with Crippen LogP contribution in [0.15, 0.2) is 46.9 Å². The van der Waals surface area contributed by atoms with Crippen molar-refractivity contribution < 1.29 is 9.13 Å². The molecule has 19 heavy (non-hydrogen) atoms. The van der Waals surface area contributed by atoms with E-state index in [2.05, 4.69) is 21.2 Å². The Bertz CT molecular complexity index is 560. The average molecular weight is 324 g/mol. The molecule has 2 nitrogen and oxygen atoms in total. The standard InChI is InChI=1S/C15H15BrFNO/c1-2-19-15-7-6-13(9-14(15)17)18-10-11-4-3-5-12(16)8-11/h3-9,18H,2,10H2,1H3. The molecule has 0 spiro atoms. The summed E-state index contributed by atoms with van der Waals surface area (Å²) in [5, 5.41) is 3.18. The van der Waals surface area contributed by atoms with Gasteiger partial charge in [-0.1, -0.05) is 28.1 Å². The lowest BCUT2D eigenvalue weighted by Gasteiger charge is -2.09. The zero-order valence-corrected chi connectivity index (χ0v) is 12.2. The van der Waals surface area contributed by atoms with Gasteiger partial charge in [-0.25, -0.2) is 4.39 Å². The van der Waals surface area contributed by atoms with E-state index in [-0.39, 0.29) is 11.6 Å². The predicted octanol–water partition coefficient (Wildman–Crippen LogP) is 4.60. The summed E-state index contributed by atoms with van der Waals surface area (Å²) in [6, 6.07) is 12.9. The van der Waals surface area contributed by atoms with Crippen molar-refractivity contribution in [2.45, 2.75) is 13.5 Å². The molecule has 0 bridgehead atoms. The second-order valence-electron chi connectivity index (χ2n) is 4.06. The molecule has 1 N–H and O–H groups in total. The van der Waals surface area contributed by atoms with Crippen LogP contribution in [0.1, 0.15) is 12.5 Å². The Morgan fingerprint density at radius 2 is 2.05 bits per heavy atom. The Kier molecular flexibility index (Phi) is 4.80. The maximum absolute atomic E-state index is 13.7. The lowest BCUT2D eigenvalue weighted by Crippen LogP contribution is -2.01. The topological polar surface area (TPSA) is 21.3 Å². The van der Waals surface area contributed by atoms with Gasteiger partial charge in [-0.05, 0) is 36.8 Å². The zero-order valence-electron chi connectivity index (χ0n) is 10.6. The van der Waals surface area contributed by atoms with Gasteiger partial charge in [0.1, 0.15) is 0 Å². The van der Waals surface area contributed by atoms with Crippen molar-refractivity contribution >= 4 is 21.6 Å². The maximum atomic E-state index is 13.7. The number of ether oxygens (including phenoxy) is 1. The Morgan fingerprint density at radius 3 is 2.74 bits per heavy atom. The third-order valence-electron chi connectivity index (χ3n) is 2.62. The van der Waals surface area contributed by atoms with Crippen LogP contribution in [0.3, 0.4) is 0 Å². The van der Waals surface area contributed by atoms with Crippen LogP contribution in [0.25, 0.3) is 0 Å². The smallest absolute Gasteiger partial charge is 0.167 e. The SMILES string of the molecule is CCOc1ccc(NCc2cccc(Br)c2)cc1F. The van der Waals surface area contributed by atoms with Gasteiger partial charge in [0.25, 0.3) is 0 Å². The van der Waals surface area contributed by atoms with Crippen molar-refractivity contribution in [3.05, 3.63) is 58.3 Å². The number of rotatable bonds is 5. The molecule has 2 aromatic rings. The Morgan fingerprint density at radius 1 is 1.21 bits per heavy atom. The van der Waals surface area contributed by atoms with E-state index in [1.807, 2.05) is 37.3 Å². The van der Waals surface area contributed by atoms with Gasteiger partial charge < -0.3 is 10.1 Å². The van der Waals surface area contributed by atoms with E-state index in [0.717, 1.165) is 15.7 Å². The molecule has 0 amide bonds. The van der Waals surface area contributed by atoms with Crippen LogP contribution >= 0.6 is 15.9 Å². The molecule has 4 heteroatoms. The predicted molar refractivity (Wildman–Crippen MR) is 79.0 cm³/mol. The van der Waals surface area contributed by atoms with Gasteiger partial charge in [0.05, 0.1) is 6.61 Å². The van der Waals surface area contributed by atoms with Gasteiger partial charge in [0, 0.05) is 22.8 Å². The number of nitrogens with one attached hydrogen (secondary N) is 1. The first-order valence-electron chi connectivity index (χ1n) is 6.09. The third-order valence-corrected chi connectivity index (χ3v) is 3.11. The van der Waals surface area contributed by atoms with Crippen molar-refractivity contribution in [1.82, 2.24) is 0 Å². The number of benzene rings is 2. The molecule has 0 radical (unpaired) electrons. The molecule has 0 aliphatic carbocycles. The Labute approximate surface area is 120 Å². The van der Waals surface area contributed by atoms with Gasteiger partial charge in [0.2, 0.25) is 0 Å². The van der Waals surface area contributed by atoms with Gasteiger partial charge >= 0.3 is 0 Å². The quantitative estimate of drug-likeness (QED) is 0.868. The van der Waals surface area contributed by atoms with Crippen LogP contribution in [0.5, 0.6) is 5.75 Å². The van der Waals surface area contributed by atoms with Crippen molar-refractivity contribution in [3.8, 4) is 5.75 Å². The largest absolute Gasteiger partial charge is 0.491 e. The van der Waals surface area contributed by atoms with Gasteiger partial charge in [0.15, 0.2) is 11.6 Å². The highest BCUT2D eigenvalue weighted by Gasteiger charge is 2.04. The monoisotopic (exact) mass is 323 g/mol. The van der Waals surface area contributed by atoms with E-state index < -0.39 is 0 Å². The zero-order chi connectivity index (χ0) is 13.7. The first-order chi connectivity index (χ1) is 9.19. The molecular weight excluding hydrogens is 309 g/mol. The van der Waals surface area contributed by atoms with Crippen LogP contribution in [0, 0.1) is 5.82 Å².